The summed E-state index contributed by atoms with van der Waals surface area (Å²) < 4.78 is 5.52. The van der Waals surface area contributed by atoms with E-state index in [0.29, 0.717) is 6.04 Å². The molecule has 6 nitrogen and oxygen atoms in total. The van der Waals surface area contributed by atoms with Crippen molar-refractivity contribution in [2.75, 3.05) is 65.6 Å². The second-order valence-electron chi connectivity index (χ2n) is 6.35. The number of guanidine groups is 1. The molecule has 2 heterocycles. The first-order valence-electron chi connectivity index (χ1n) is 9.88. The summed E-state index contributed by atoms with van der Waals surface area (Å²) in [4.78, 5) is 11.2. The molecule has 7 heteroatoms. The first-order valence-corrected chi connectivity index (χ1v) is 10.8. The van der Waals surface area contributed by atoms with Crippen LogP contribution in [0.25, 0.3) is 0 Å². The molecule has 0 aliphatic carbocycles. The van der Waals surface area contributed by atoms with Crippen molar-refractivity contribution in [3.05, 3.63) is 22.4 Å². The SMILES string of the molecule is CCNC(=NCC(c1cccs1)N1CCOCC1)NCCN(CC)CC. The molecule has 1 aromatic heterocycles. The molecule has 26 heavy (non-hydrogen) atoms. The first kappa shape index (κ1) is 21.2. The number of rotatable bonds is 10. The van der Waals surface area contributed by atoms with Crippen molar-refractivity contribution in [1.29, 1.82) is 0 Å². The molecule has 1 atom stereocenters. The van der Waals surface area contributed by atoms with Gasteiger partial charge in [0.05, 0.1) is 25.8 Å². The molecule has 2 rings (SSSR count). The van der Waals surface area contributed by atoms with Gasteiger partial charge in [-0.3, -0.25) is 9.89 Å². The lowest BCUT2D eigenvalue weighted by atomic mass is 10.2. The number of morpholine rings is 1. The summed E-state index contributed by atoms with van der Waals surface area (Å²) in [6.45, 7) is 15.9. The fourth-order valence-corrected chi connectivity index (χ4v) is 4.00. The Morgan fingerprint density at radius 3 is 2.65 bits per heavy atom. The molecule has 1 saturated heterocycles. The Morgan fingerprint density at radius 1 is 1.27 bits per heavy atom. The fraction of sp³-hybridized carbons (Fsp3) is 0.737. The molecule has 148 valence electrons. The van der Waals surface area contributed by atoms with Crippen LogP contribution >= 0.6 is 11.3 Å². The van der Waals surface area contributed by atoms with Crippen molar-refractivity contribution >= 4 is 17.3 Å². The maximum absolute atomic E-state index is 5.52. The van der Waals surface area contributed by atoms with Gasteiger partial charge in [0.25, 0.3) is 0 Å². The number of hydrogen-bond acceptors (Lipinski definition) is 5. The predicted octanol–water partition coefficient (Wildman–Crippen LogP) is 2.02. The van der Waals surface area contributed by atoms with Crippen molar-refractivity contribution in [3.63, 3.8) is 0 Å². The van der Waals surface area contributed by atoms with Crippen LogP contribution in [0.3, 0.4) is 0 Å². The highest BCUT2D eigenvalue weighted by Crippen LogP contribution is 2.26. The zero-order valence-electron chi connectivity index (χ0n) is 16.5. The van der Waals surface area contributed by atoms with Gasteiger partial charge in [-0.15, -0.1) is 11.3 Å². The van der Waals surface area contributed by atoms with E-state index in [-0.39, 0.29) is 0 Å². The Hall–Kier alpha value is -1.15. The summed E-state index contributed by atoms with van der Waals surface area (Å²) in [6, 6.07) is 4.68. The number of ether oxygens (including phenoxy) is 1. The number of nitrogens with one attached hydrogen (secondary N) is 2. The Kier molecular flexibility index (Phi) is 9.99. The second kappa shape index (κ2) is 12.3. The van der Waals surface area contributed by atoms with Crippen LogP contribution in [0.1, 0.15) is 31.7 Å². The van der Waals surface area contributed by atoms with Crippen LogP contribution in [0, 0.1) is 0 Å². The third kappa shape index (κ3) is 6.87. The van der Waals surface area contributed by atoms with Gasteiger partial charge in [-0.1, -0.05) is 19.9 Å². The predicted molar refractivity (Wildman–Crippen MR) is 111 cm³/mol. The zero-order chi connectivity index (χ0) is 18.6. The summed E-state index contributed by atoms with van der Waals surface area (Å²) in [5.74, 6) is 0.912. The average molecular weight is 382 g/mol. The minimum absolute atomic E-state index is 0.331. The van der Waals surface area contributed by atoms with E-state index in [0.717, 1.165) is 71.5 Å². The van der Waals surface area contributed by atoms with Crippen LogP contribution in [0.4, 0.5) is 0 Å². The van der Waals surface area contributed by atoms with Gasteiger partial charge in [0.1, 0.15) is 0 Å². The largest absolute Gasteiger partial charge is 0.379 e. The summed E-state index contributed by atoms with van der Waals surface area (Å²) in [5.41, 5.74) is 0. The average Bonchev–Trinajstić information content (AvgIpc) is 3.20. The van der Waals surface area contributed by atoms with Crippen LogP contribution in [0.15, 0.2) is 22.5 Å². The molecule has 0 spiro atoms. The Balaban J connectivity index is 1.96. The van der Waals surface area contributed by atoms with Crippen LogP contribution in [0.5, 0.6) is 0 Å². The molecular weight excluding hydrogens is 346 g/mol. The molecular formula is C19H35N5OS. The molecule has 1 unspecified atom stereocenters. The molecule has 0 aromatic carbocycles. The minimum Gasteiger partial charge on any atom is -0.379 e. The summed E-state index contributed by atoms with van der Waals surface area (Å²) in [6.07, 6.45) is 0. The summed E-state index contributed by atoms with van der Waals surface area (Å²) in [7, 11) is 0. The smallest absolute Gasteiger partial charge is 0.191 e. The standard InChI is InChI=1S/C19H35N5OS/c1-4-20-19(21-9-10-23(5-2)6-3)22-16-17(18-8-7-15-26-18)24-11-13-25-14-12-24/h7-8,15,17H,4-6,9-14,16H2,1-3H3,(H2,20,21,22). The molecule has 1 aromatic rings. The van der Waals surface area contributed by atoms with E-state index in [2.05, 4.69) is 58.7 Å². The molecule has 0 amide bonds. The number of hydrogen-bond donors (Lipinski definition) is 2. The molecule has 0 bridgehead atoms. The molecule has 1 aliphatic heterocycles. The highest BCUT2D eigenvalue weighted by molar-refractivity contribution is 7.10. The van der Waals surface area contributed by atoms with Crippen molar-refractivity contribution in [1.82, 2.24) is 20.4 Å². The van der Waals surface area contributed by atoms with Gasteiger partial charge in [0.2, 0.25) is 0 Å². The van der Waals surface area contributed by atoms with E-state index < -0.39 is 0 Å². The van der Waals surface area contributed by atoms with Gasteiger partial charge in [-0.2, -0.15) is 0 Å². The van der Waals surface area contributed by atoms with Gasteiger partial charge in [0, 0.05) is 37.6 Å². The van der Waals surface area contributed by atoms with Crippen LogP contribution in [-0.2, 0) is 4.74 Å². The van der Waals surface area contributed by atoms with Crippen molar-refractivity contribution in [3.8, 4) is 0 Å². The van der Waals surface area contributed by atoms with E-state index in [1.54, 1.807) is 0 Å². The fourth-order valence-electron chi connectivity index (χ4n) is 3.15. The van der Waals surface area contributed by atoms with Gasteiger partial charge >= 0.3 is 0 Å². The molecule has 2 N–H and O–H groups in total. The van der Waals surface area contributed by atoms with Gasteiger partial charge in [0.15, 0.2) is 5.96 Å². The van der Waals surface area contributed by atoms with E-state index in [9.17, 15) is 0 Å². The van der Waals surface area contributed by atoms with Gasteiger partial charge in [-0.25, -0.2) is 0 Å². The lowest BCUT2D eigenvalue weighted by molar-refractivity contribution is 0.0186. The molecule has 1 aliphatic rings. The topological polar surface area (TPSA) is 52.1 Å². The van der Waals surface area contributed by atoms with E-state index in [1.807, 2.05) is 11.3 Å². The minimum atomic E-state index is 0.331. The Labute approximate surface area is 162 Å². The van der Waals surface area contributed by atoms with Gasteiger partial charge in [-0.05, 0) is 31.5 Å². The zero-order valence-corrected chi connectivity index (χ0v) is 17.4. The number of likely N-dealkylation sites (N-methyl/N-ethyl adjacent to an activating group) is 1. The van der Waals surface area contributed by atoms with Crippen LogP contribution < -0.4 is 10.6 Å². The normalized spacial score (nSPS) is 17.5. The maximum atomic E-state index is 5.52. The Morgan fingerprint density at radius 2 is 2.04 bits per heavy atom. The quantitative estimate of drug-likeness (QED) is 0.480. The Bertz CT molecular complexity index is 498. The third-order valence-corrected chi connectivity index (χ3v) is 5.71. The first-order chi connectivity index (χ1) is 12.8. The van der Waals surface area contributed by atoms with Crippen LogP contribution in [0.2, 0.25) is 0 Å². The van der Waals surface area contributed by atoms with E-state index in [1.165, 1.54) is 4.88 Å². The highest BCUT2D eigenvalue weighted by Gasteiger charge is 2.23. The number of thiophene rings is 1. The summed E-state index contributed by atoms with van der Waals surface area (Å²) >= 11 is 1.82. The molecule has 0 saturated carbocycles. The monoisotopic (exact) mass is 381 g/mol. The van der Waals surface area contributed by atoms with Crippen LogP contribution in [-0.4, -0.2) is 81.3 Å². The van der Waals surface area contributed by atoms with Gasteiger partial charge < -0.3 is 20.3 Å². The van der Waals surface area contributed by atoms with Crippen molar-refractivity contribution < 1.29 is 4.74 Å². The molecule has 1 fully saturated rings. The second-order valence-corrected chi connectivity index (χ2v) is 7.33. The van der Waals surface area contributed by atoms with Crippen molar-refractivity contribution in [2.45, 2.75) is 26.8 Å². The molecule has 0 radical (unpaired) electrons. The summed E-state index contributed by atoms with van der Waals surface area (Å²) in [5, 5.41) is 9.01. The number of aliphatic imine (C=N–C) groups is 1. The maximum Gasteiger partial charge on any atom is 0.191 e. The lowest BCUT2D eigenvalue weighted by Gasteiger charge is -2.33. The lowest BCUT2D eigenvalue weighted by Crippen LogP contribution is -2.43. The highest BCUT2D eigenvalue weighted by atomic mass is 32.1. The van der Waals surface area contributed by atoms with E-state index >= 15 is 0 Å². The van der Waals surface area contributed by atoms with E-state index in [4.69, 9.17) is 9.73 Å². The van der Waals surface area contributed by atoms with Crippen molar-refractivity contribution in [2.24, 2.45) is 4.99 Å². The third-order valence-electron chi connectivity index (χ3n) is 4.74. The number of nitrogens with zero attached hydrogens (tertiary/aromatic N) is 3.